The monoisotopic (exact) mass is 374 g/mol. The lowest BCUT2D eigenvalue weighted by Gasteiger charge is -2.37. The van der Waals surface area contributed by atoms with Crippen LogP contribution < -0.4 is 10.2 Å². The fourth-order valence-electron chi connectivity index (χ4n) is 3.67. The minimum absolute atomic E-state index is 0.148. The molecule has 1 N–H and O–H groups in total. The van der Waals surface area contributed by atoms with Gasteiger partial charge >= 0.3 is 0 Å². The smallest absolute Gasteiger partial charge is 0.194 e. The Morgan fingerprint density at radius 2 is 2.04 bits per heavy atom. The minimum Gasteiger partial charge on any atom is -0.375 e. The van der Waals surface area contributed by atoms with Gasteiger partial charge < -0.3 is 24.6 Å². The van der Waals surface area contributed by atoms with Crippen LogP contribution in [-0.2, 0) is 9.47 Å². The average molecular weight is 375 g/mol. The minimum atomic E-state index is 0.148. The third-order valence-corrected chi connectivity index (χ3v) is 5.44. The SMILES string of the molecule is CCNC(=NCC(C)N(C)c1ccccc1)N1CCOC(C2CCCO2)C1. The molecule has 0 radical (unpaired) electrons. The van der Waals surface area contributed by atoms with Crippen molar-refractivity contribution in [1.82, 2.24) is 10.2 Å². The van der Waals surface area contributed by atoms with E-state index in [2.05, 4.69) is 60.3 Å². The third kappa shape index (κ3) is 5.36. The van der Waals surface area contributed by atoms with Crippen LogP contribution in [0.3, 0.4) is 0 Å². The van der Waals surface area contributed by atoms with Crippen molar-refractivity contribution in [1.29, 1.82) is 0 Å². The Hall–Kier alpha value is -1.79. The predicted molar refractivity (Wildman–Crippen MR) is 111 cm³/mol. The summed E-state index contributed by atoms with van der Waals surface area (Å²) < 4.78 is 11.8. The number of nitrogens with zero attached hydrogens (tertiary/aromatic N) is 3. The molecule has 3 atom stereocenters. The Morgan fingerprint density at radius 3 is 2.74 bits per heavy atom. The van der Waals surface area contributed by atoms with Crippen LogP contribution in [0.5, 0.6) is 0 Å². The molecule has 0 spiro atoms. The van der Waals surface area contributed by atoms with Gasteiger partial charge in [0.05, 0.1) is 19.3 Å². The van der Waals surface area contributed by atoms with Gasteiger partial charge in [0.15, 0.2) is 5.96 Å². The summed E-state index contributed by atoms with van der Waals surface area (Å²) in [6.07, 6.45) is 2.63. The Bertz CT molecular complexity index is 589. The summed E-state index contributed by atoms with van der Waals surface area (Å²) in [6, 6.07) is 10.8. The standard InChI is InChI=1S/C21H34N4O2/c1-4-22-21(23-15-17(2)24(3)18-9-6-5-7-10-18)25-12-14-27-20(16-25)19-11-8-13-26-19/h5-7,9-10,17,19-20H,4,8,11-16H2,1-3H3,(H,22,23). The van der Waals surface area contributed by atoms with Gasteiger partial charge in [-0.2, -0.15) is 0 Å². The van der Waals surface area contributed by atoms with Crippen molar-refractivity contribution < 1.29 is 9.47 Å². The van der Waals surface area contributed by atoms with Crippen molar-refractivity contribution >= 4 is 11.6 Å². The number of morpholine rings is 1. The van der Waals surface area contributed by atoms with Crippen molar-refractivity contribution in [2.24, 2.45) is 4.99 Å². The molecule has 27 heavy (non-hydrogen) atoms. The van der Waals surface area contributed by atoms with Crippen LogP contribution in [0, 0.1) is 0 Å². The van der Waals surface area contributed by atoms with Crippen molar-refractivity contribution in [3.05, 3.63) is 30.3 Å². The fraction of sp³-hybridized carbons (Fsp3) is 0.667. The van der Waals surface area contributed by atoms with Gasteiger partial charge in [0.25, 0.3) is 0 Å². The maximum Gasteiger partial charge on any atom is 0.194 e. The number of hydrogen-bond donors (Lipinski definition) is 1. The summed E-state index contributed by atoms with van der Waals surface area (Å²) in [6.45, 7) is 9.26. The molecule has 1 aromatic carbocycles. The van der Waals surface area contributed by atoms with E-state index in [1.807, 2.05) is 6.07 Å². The Balaban J connectivity index is 1.61. The van der Waals surface area contributed by atoms with E-state index < -0.39 is 0 Å². The number of anilines is 1. The van der Waals surface area contributed by atoms with Crippen LogP contribution in [0.1, 0.15) is 26.7 Å². The van der Waals surface area contributed by atoms with Gasteiger partial charge in [-0.3, -0.25) is 4.99 Å². The molecule has 6 heteroatoms. The number of para-hydroxylation sites is 1. The number of hydrogen-bond acceptors (Lipinski definition) is 4. The molecule has 0 aromatic heterocycles. The van der Waals surface area contributed by atoms with Crippen molar-refractivity contribution in [3.63, 3.8) is 0 Å². The summed E-state index contributed by atoms with van der Waals surface area (Å²) in [5, 5.41) is 3.46. The maximum atomic E-state index is 5.98. The zero-order valence-electron chi connectivity index (χ0n) is 16.9. The highest BCUT2D eigenvalue weighted by atomic mass is 16.5. The summed E-state index contributed by atoms with van der Waals surface area (Å²) in [4.78, 5) is 9.55. The van der Waals surface area contributed by atoms with Crippen LogP contribution in [0.4, 0.5) is 5.69 Å². The van der Waals surface area contributed by atoms with E-state index in [0.29, 0.717) is 6.04 Å². The molecule has 2 saturated heterocycles. The highest BCUT2D eigenvalue weighted by Crippen LogP contribution is 2.21. The van der Waals surface area contributed by atoms with Gasteiger partial charge in [-0.15, -0.1) is 0 Å². The van der Waals surface area contributed by atoms with Gasteiger partial charge in [0.2, 0.25) is 0 Å². The lowest BCUT2D eigenvalue weighted by Crippen LogP contribution is -2.53. The third-order valence-electron chi connectivity index (χ3n) is 5.44. The molecule has 2 aliphatic heterocycles. The lowest BCUT2D eigenvalue weighted by molar-refractivity contribution is -0.0817. The van der Waals surface area contributed by atoms with Gasteiger partial charge in [-0.05, 0) is 38.8 Å². The van der Waals surface area contributed by atoms with Crippen LogP contribution in [0.15, 0.2) is 35.3 Å². The van der Waals surface area contributed by atoms with Crippen LogP contribution in [-0.4, -0.2) is 75.5 Å². The topological polar surface area (TPSA) is 49.3 Å². The Morgan fingerprint density at radius 1 is 1.26 bits per heavy atom. The summed E-state index contributed by atoms with van der Waals surface area (Å²) in [5.74, 6) is 0.983. The molecule has 150 valence electrons. The quantitative estimate of drug-likeness (QED) is 0.612. The molecule has 6 nitrogen and oxygen atoms in total. The molecule has 1 aromatic rings. The molecule has 2 fully saturated rings. The van der Waals surface area contributed by atoms with Crippen molar-refractivity contribution in [3.8, 4) is 0 Å². The molecule has 2 aliphatic rings. The van der Waals surface area contributed by atoms with E-state index in [4.69, 9.17) is 14.5 Å². The van der Waals surface area contributed by atoms with E-state index in [-0.39, 0.29) is 12.2 Å². The first-order valence-electron chi connectivity index (χ1n) is 10.2. The highest BCUT2D eigenvalue weighted by molar-refractivity contribution is 5.80. The first-order valence-corrected chi connectivity index (χ1v) is 10.2. The fourth-order valence-corrected chi connectivity index (χ4v) is 3.67. The average Bonchev–Trinajstić information content (AvgIpc) is 3.26. The molecule has 2 heterocycles. The number of likely N-dealkylation sites (N-methyl/N-ethyl adjacent to an activating group) is 1. The molecule has 0 saturated carbocycles. The number of aliphatic imine (C=N–C) groups is 1. The summed E-state index contributed by atoms with van der Waals surface area (Å²) in [7, 11) is 2.13. The van der Waals surface area contributed by atoms with E-state index in [9.17, 15) is 0 Å². The van der Waals surface area contributed by atoms with Crippen LogP contribution >= 0.6 is 0 Å². The molecule has 3 rings (SSSR count). The molecule has 3 unspecified atom stereocenters. The second-order valence-corrected chi connectivity index (χ2v) is 7.40. The maximum absolute atomic E-state index is 5.98. The predicted octanol–water partition coefficient (Wildman–Crippen LogP) is 2.36. The Kier molecular flexibility index (Phi) is 7.35. The number of guanidine groups is 1. The molecular formula is C21H34N4O2. The zero-order valence-corrected chi connectivity index (χ0v) is 16.9. The second kappa shape index (κ2) is 9.95. The molecular weight excluding hydrogens is 340 g/mol. The number of benzene rings is 1. The molecule has 0 bridgehead atoms. The van der Waals surface area contributed by atoms with E-state index in [1.54, 1.807) is 0 Å². The van der Waals surface area contributed by atoms with Gasteiger partial charge in [0.1, 0.15) is 6.10 Å². The highest BCUT2D eigenvalue weighted by Gasteiger charge is 2.32. The van der Waals surface area contributed by atoms with Crippen LogP contribution in [0.2, 0.25) is 0 Å². The van der Waals surface area contributed by atoms with Gasteiger partial charge in [0, 0.05) is 45.0 Å². The lowest BCUT2D eigenvalue weighted by atomic mass is 10.1. The van der Waals surface area contributed by atoms with E-state index in [0.717, 1.165) is 58.2 Å². The van der Waals surface area contributed by atoms with E-state index in [1.165, 1.54) is 5.69 Å². The number of ether oxygens (including phenoxy) is 2. The normalized spacial score (nSPS) is 24.7. The van der Waals surface area contributed by atoms with Gasteiger partial charge in [-0.1, -0.05) is 18.2 Å². The van der Waals surface area contributed by atoms with E-state index >= 15 is 0 Å². The first-order chi connectivity index (χ1) is 13.2. The largest absolute Gasteiger partial charge is 0.375 e. The van der Waals surface area contributed by atoms with Gasteiger partial charge in [-0.25, -0.2) is 0 Å². The Labute approximate surface area is 163 Å². The van der Waals surface area contributed by atoms with Crippen LogP contribution in [0.25, 0.3) is 0 Å². The molecule has 0 aliphatic carbocycles. The van der Waals surface area contributed by atoms with Crippen molar-refractivity contribution in [2.75, 3.05) is 51.3 Å². The zero-order chi connectivity index (χ0) is 19.1. The van der Waals surface area contributed by atoms with Crippen molar-refractivity contribution in [2.45, 2.75) is 44.9 Å². The number of nitrogens with one attached hydrogen (secondary N) is 1. The first kappa shape index (κ1) is 20.0. The molecule has 0 amide bonds. The second-order valence-electron chi connectivity index (χ2n) is 7.40. The summed E-state index contributed by atoms with van der Waals surface area (Å²) in [5.41, 5.74) is 1.22. The number of rotatable bonds is 6. The summed E-state index contributed by atoms with van der Waals surface area (Å²) >= 11 is 0.